The summed E-state index contributed by atoms with van der Waals surface area (Å²) in [6, 6.07) is 11.3. The zero-order chi connectivity index (χ0) is 17.8. The number of hydrogen-bond acceptors (Lipinski definition) is 5. The maximum atomic E-state index is 12.7. The summed E-state index contributed by atoms with van der Waals surface area (Å²) in [6.07, 6.45) is 0. The highest BCUT2D eigenvalue weighted by Crippen LogP contribution is 2.27. The average molecular weight is 337 g/mol. The van der Waals surface area contributed by atoms with Gasteiger partial charge in [-0.05, 0) is 18.2 Å². The van der Waals surface area contributed by atoms with Gasteiger partial charge in [-0.1, -0.05) is 24.3 Å². The highest BCUT2D eigenvalue weighted by atomic mass is 16.2. The van der Waals surface area contributed by atoms with Crippen molar-refractivity contribution in [3.63, 3.8) is 0 Å². The van der Waals surface area contributed by atoms with Crippen LogP contribution in [0, 0.1) is 0 Å². The van der Waals surface area contributed by atoms with Gasteiger partial charge in [0.15, 0.2) is 11.6 Å². The number of carbonyl (C=O) groups excluding carboxylic acids is 3. The van der Waals surface area contributed by atoms with Gasteiger partial charge in [0.2, 0.25) is 0 Å². The number of amides is 1. The summed E-state index contributed by atoms with van der Waals surface area (Å²) in [6.45, 7) is 2.28. The van der Waals surface area contributed by atoms with Crippen molar-refractivity contribution in [2.75, 3.05) is 26.2 Å². The van der Waals surface area contributed by atoms with Crippen molar-refractivity contribution in [3.8, 4) is 0 Å². The Morgan fingerprint density at radius 3 is 2.16 bits per heavy atom. The fourth-order valence-electron chi connectivity index (χ4n) is 2.83. The first kappa shape index (κ1) is 17.0. The molecule has 1 aliphatic rings. The Kier molecular flexibility index (Phi) is 5.02. The summed E-state index contributed by atoms with van der Waals surface area (Å²) in [5.41, 5.74) is 7.13. The zero-order valence-electron chi connectivity index (χ0n) is 13.7. The van der Waals surface area contributed by atoms with Crippen LogP contribution >= 0.6 is 0 Å². The average Bonchev–Trinajstić information content (AvgIpc) is 2.65. The molecule has 0 fully saturated rings. The zero-order valence-corrected chi connectivity index (χ0v) is 13.7. The Balaban J connectivity index is 1.79. The van der Waals surface area contributed by atoms with Gasteiger partial charge in [0.05, 0.1) is 0 Å². The van der Waals surface area contributed by atoms with Gasteiger partial charge in [-0.3, -0.25) is 14.4 Å². The fraction of sp³-hybridized carbons (Fsp3) is 0.211. The van der Waals surface area contributed by atoms with Crippen LogP contribution in [0.1, 0.15) is 42.2 Å². The Morgan fingerprint density at radius 1 is 0.840 bits per heavy atom. The van der Waals surface area contributed by atoms with Crippen molar-refractivity contribution in [2.45, 2.75) is 0 Å². The van der Waals surface area contributed by atoms with Crippen LogP contribution in [-0.2, 0) is 0 Å². The Labute approximate surface area is 145 Å². The molecule has 4 N–H and O–H groups in total. The third-order valence-corrected chi connectivity index (χ3v) is 4.10. The van der Waals surface area contributed by atoms with Crippen LogP contribution in [-0.4, -0.2) is 43.7 Å². The minimum absolute atomic E-state index is 0.192. The smallest absolute Gasteiger partial charge is 0.251 e. The molecule has 128 valence electrons. The van der Waals surface area contributed by atoms with E-state index >= 15 is 0 Å². The van der Waals surface area contributed by atoms with Crippen molar-refractivity contribution in [1.29, 1.82) is 0 Å². The fourth-order valence-corrected chi connectivity index (χ4v) is 2.83. The molecule has 0 heterocycles. The lowest BCUT2D eigenvalue weighted by molar-refractivity contribution is 0.0951. The Bertz CT molecular complexity index is 846. The standard InChI is InChI=1S/C19H19N3O3/c20-7-8-21-9-10-22-19(25)12-5-6-15-16(11-12)18(24)14-4-2-1-3-13(14)17(15)23/h1-6,11,21H,7-10,20H2,(H,22,25). The summed E-state index contributed by atoms with van der Waals surface area (Å²) < 4.78 is 0. The van der Waals surface area contributed by atoms with Crippen LogP contribution in [0.25, 0.3) is 0 Å². The summed E-state index contributed by atoms with van der Waals surface area (Å²) in [5.74, 6) is -0.705. The molecule has 1 aliphatic carbocycles. The van der Waals surface area contributed by atoms with E-state index in [-0.39, 0.29) is 23.0 Å². The number of ketones is 2. The first-order valence-electron chi connectivity index (χ1n) is 8.15. The van der Waals surface area contributed by atoms with Gasteiger partial charge in [-0.25, -0.2) is 0 Å². The predicted molar refractivity (Wildman–Crippen MR) is 94.0 cm³/mol. The molecule has 2 aromatic rings. The van der Waals surface area contributed by atoms with E-state index in [2.05, 4.69) is 10.6 Å². The first-order valence-corrected chi connectivity index (χ1v) is 8.15. The lowest BCUT2D eigenvalue weighted by Gasteiger charge is -2.18. The van der Waals surface area contributed by atoms with Crippen molar-refractivity contribution in [2.24, 2.45) is 5.73 Å². The molecule has 0 atom stereocenters. The van der Waals surface area contributed by atoms with E-state index in [1.54, 1.807) is 36.4 Å². The van der Waals surface area contributed by atoms with E-state index in [0.717, 1.165) is 0 Å². The van der Waals surface area contributed by atoms with E-state index in [4.69, 9.17) is 5.73 Å². The van der Waals surface area contributed by atoms with E-state index in [9.17, 15) is 14.4 Å². The minimum Gasteiger partial charge on any atom is -0.351 e. The van der Waals surface area contributed by atoms with Gasteiger partial charge in [-0.15, -0.1) is 0 Å². The predicted octanol–water partition coefficient (Wildman–Crippen LogP) is 0.740. The molecule has 0 bridgehead atoms. The van der Waals surface area contributed by atoms with Crippen LogP contribution < -0.4 is 16.4 Å². The molecular formula is C19H19N3O3. The minimum atomic E-state index is -0.281. The van der Waals surface area contributed by atoms with E-state index in [1.165, 1.54) is 6.07 Å². The SMILES string of the molecule is NCCNCCNC(=O)c1ccc2c(c1)C(=O)c1ccccc1C2=O. The quantitative estimate of drug-likeness (QED) is 0.576. The Morgan fingerprint density at radius 2 is 1.48 bits per heavy atom. The van der Waals surface area contributed by atoms with Crippen molar-refractivity contribution < 1.29 is 14.4 Å². The van der Waals surface area contributed by atoms with E-state index < -0.39 is 0 Å². The third-order valence-electron chi connectivity index (χ3n) is 4.10. The summed E-state index contributed by atoms with van der Waals surface area (Å²) in [4.78, 5) is 37.4. The first-order chi connectivity index (χ1) is 12.1. The third kappa shape index (κ3) is 3.35. The van der Waals surface area contributed by atoms with Crippen molar-refractivity contribution >= 4 is 17.5 Å². The highest BCUT2D eigenvalue weighted by Gasteiger charge is 2.29. The van der Waals surface area contributed by atoms with Gasteiger partial charge in [0.25, 0.3) is 5.91 Å². The van der Waals surface area contributed by atoms with Crippen molar-refractivity contribution in [3.05, 3.63) is 70.3 Å². The molecule has 0 saturated heterocycles. The normalized spacial score (nSPS) is 12.5. The summed E-state index contributed by atoms with van der Waals surface area (Å²) in [5, 5.41) is 5.85. The number of hydrogen-bond donors (Lipinski definition) is 3. The molecule has 1 amide bonds. The molecular weight excluding hydrogens is 318 g/mol. The molecule has 0 spiro atoms. The number of rotatable bonds is 6. The molecule has 6 heteroatoms. The molecule has 6 nitrogen and oxygen atoms in total. The number of nitrogens with two attached hydrogens (primary N) is 1. The lowest BCUT2D eigenvalue weighted by atomic mass is 9.83. The summed E-state index contributed by atoms with van der Waals surface area (Å²) >= 11 is 0. The second-order valence-electron chi connectivity index (χ2n) is 5.76. The molecule has 0 aliphatic heterocycles. The lowest BCUT2D eigenvalue weighted by Crippen LogP contribution is -2.34. The maximum absolute atomic E-state index is 12.7. The largest absolute Gasteiger partial charge is 0.351 e. The number of nitrogens with one attached hydrogen (secondary N) is 2. The molecule has 0 aromatic heterocycles. The van der Waals surface area contributed by atoms with E-state index in [1.807, 2.05) is 0 Å². The van der Waals surface area contributed by atoms with Gasteiger partial charge >= 0.3 is 0 Å². The Hall–Kier alpha value is -2.83. The monoisotopic (exact) mass is 337 g/mol. The second kappa shape index (κ2) is 7.38. The molecule has 0 unspecified atom stereocenters. The van der Waals surface area contributed by atoms with Crippen molar-refractivity contribution in [1.82, 2.24) is 10.6 Å². The van der Waals surface area contributed by atoms with Gasteiger partial charge in [0.1, 0.15) is 0 Å². The molecule has 2 aromatic carbocycles. The molecule has 3 rings (SSSR count). The van der Waals surface area contributed by atoms with Crippen LogP contribution in [0.3, 0.4) is 0 Å². The molecule has 25 heavy (non-hydrogen) atoms. The highest BCUT2D eigenvalue weighted by molar-refractivity contribution is 6.28. The van der Waals surface area contributed by atoms with Gasteiger partial charge in [0, 0.05) is 54.0 Å². The topological polar surface area (TPSA) is 101 Å². The number of carbonyl (C=O) groups is 3. The summed E-state index contributed by atoms with van der Waals surface area (Å²) in [7, 11) is 0. The van der Waals surface area contributed by atoms with Crippen LogP contribution in [0.2, 0.25) is 0 Å². The van der Waals surface area contributed by atoms with Crippen LogP contribution in [0.5, 0.6) is 0 Å². The molecule has 0 saturated carbocycles. The van der Waals surface area contributed by atoms with Crippen LogP contribution in [0.15, 0.2) is 42.5 Å². The molecule has 0 radical (unpaired) electrons. The second-order valence-corrected chi connectivity index (χ2v) is 5.76. The van der Waals surface area contributed by atoms with Crippen LogP contribution in [0.4, 0.5) is 0 Å². The van der Waals surface area contributed by atoms with E-state index in [0.29, 0.717) is 48.4 Å². The van der Waals surface area contributed by atoms with Gasteiger partial charge < -0.3 is 16.4 Å². The number of fused-ring (bicyclic) bond motifs is 2. The van der Waals surface area contributed by atoms with Gasteiger partial charge in [-0.2, -0.15) is 0 Å². The number of benzene rings is 2. The maximum Gasteiger partial charge on any atom is 0.251 e.